The van der Waals surface area contributed by atoms with Gasteiger partial charge in [-0.15, -0.1) is 0 Å². The lowest BCUT2D eigenvalue weighted by Gasteiger charge is -2.35. The van der Waals surface area contributed by atoms with Gasteiger partial charge in [0.05, 0.1) is 17.5 Å². The van der Waals surface area contributed by atoms with E-state index in [1.807, 2.05) is 30.3 Å². The quantitative estimate of drug-likeness (QED) is 0.539. The number of nitrogens with zero attached hydrogens (tertiary/aromatic N) is 1. The highest BCUT2D eigenvalue weighted by atomic mass is 32.2. The van der Waals surface area contributed by atoms with Crippen LogP contribution in [0.4, 0.5) is 0 Å². The molecule has 1 aromatic carbocycles. The van der Waals surface area contributed by atoms with Gasteiger partial charge in [-0.1, -0.05) is 49.6 Å². The number of amides is 2. The summed E-state index contributed by atoms with van der Waals surface area (Å²) in [6.07, 6.45) is 7.07. The Kier molecular flexibility index (Phi) is 9.32. The topological polar surface area (TPSA) is 95.6 Å². The van der Waals surface area contributed by atoms with Gasteiger partial charge in [-0.05, 0) is 57.6 Å². The fourth-order valence-corrected chi connectivity index (χ4v) is 6.68. The van der Waals surface area contributed by atoms with E-state index in [2.05, 4.69) is 10.6 Å². The van der Waals surface area contributed by atoms with Gasteiger partial charge >= 0.3 is 0 Å². The van der Waals surface area contributed by atoms with Crippen LogP contribution in [0.3, 0.4) is 0 Å². The molecule has 0 aromatic heterocycles. The Hall–Kier alpha value is -1.93. The predicted octanol–water partition coefficient (Wildman–Crippen LogP) is 2.31. The van der Waals surface area contributed by atoms with E-state index in [1.165, 1.54) is 0 Å². The molecule has 2 N–H and O–H groups in total. The van der Waals surface area contributed by atoms with Crippen molar-refractivity contribution < 1.29 is 18.0 Å². The van der Waals surface area contributed by atoms with Gasteiger partial charge in [0.2, 0.25) is 11.8 Å². The van der Waals surface area contributed by atoms with E-state index < -0.39 is 21.9 Å². The van der Waals surface area contributed by atoms with Gasteiger partial charge in [-0.2, -0.15) is 0 Å². The van der Waals surface area contributed by atoms with Crippen LogP contribution in [0.1, 0.15) is 57.4 Å². The zero-order valence-electron chi connectivity index (χ0n) is 20.0. The second-order valence-electron chi connectivity index (χ2n) is 9.57. The van der Waals surface area contributed by atoms with Crippen LogP contribution >= 0.6 is 0 Å². The maximum atomic E-state index is 13.7. The van der Waals surface area contributed by atoms with Gasteiger partial charge in [-0.25, -0.2) is 8.42 Å². The lowest BCUT2D eigenvalue weighted by molar-refractivity contribution is -0.139. The van der Waals surface area contributed by atoms with Crippen LogP contribution in [0.15, 0.2) is 30.3 Å². The fraction of sp³-hybridized carbons (Fsp3) is 0.680. The Labute approximate surface area is 198 Å². The van der Waals surface area contributed by atoms with E-state index >= 15 is 0 Å². The second kappa shape index (κ2) is 12.0. The molecule has 0 unspecified atom stereocenters. The summed E-state index contributed by atoms with van der Waals surface area (Å²) in [5, 5.41) is 5.93. The third kappa shape index (κ3) is 7.27. The highest BCUT2D eigenvalue weighted by Crippen LogP contribution is 2.29. The molecule has 0 spiro atoms. The number of hydrogen-bond acceptors (Lipinski definition) is 5. The number of rotatable bonds is 10. The Morgan fingerprint density at radius 1 is 1.06 bits per heavy atom. The van der Waals surface area contributed by atoms with Gasteiger partial charge in [0, 0.05) is 12.6 Å². The van der Waals surface area contributed by atoms with Crippen LogP contribution in [0.25, 0.3) is 0 Å². The van der Waals surface area contributed by atoms with Crippen LogP contribution in [-0.4, -0.2) is 68.4 Å². The third-order valence-electron chi connectivity index (χ3n) is 7.16. The summed E-state index contributed by atoms with van der Waals surface area (Å²) in [4.78, 5) is 28.0. The fourth-order valence-electron chi connectivity index (χ4n) is 5.03. The number of likely N-dealkylation sites (tertiary alicyclic amines) is 1. The Bertz CT molecular complexity index is 884. The molecule has 1 heterocycles. The predicted molar refractivity (Wildman–Crippen MR) is 131 cm³/mol. The molecule has 1 aromatic rings. The van der Waals surface area contributed by atoms with E-state index in [9.17, 15) is 18.0 Å². The summed E-state index contributed by atoms with van der Waals surface area (Å²) >= 11 is 0. The summed E-state index contributed by atoms with van der Waals surface area (Å²) in [6.45, 7) is 2.33. The van der Waals surface area contributed by atoms with Crippen molar-refractivity contribution in [2.45, 2.75) is 76.4 Å². The van der Waals surface area contributed by atoms with Crippen LogP contribution in [0.5, 0.6) is 0 Å². The van der Waals surface area contributed by atoms with Crippen molar-refractivity contribution in [3.05, 3.63) is 35.9 Å². The number of likely N-dealkylation sites (N-methyl/N-ethyl adjacent to an activating group) is 1. The smallest absolute Gasteiger partial charge is 0.245 e. The number of aryl methyl sites for hydroxylation is 1. The molecule has 2 aliphatic rings. The van der Waals surface area contributed by atoms with Crippen molar-refractivity contribution in [3.8, 4) is 0 Å². The molecule has 0 radical (unpaired) electrons. The van der Waals surface area contributed by atoms with Gasteiger partial charge in [0.25, 0.3) is 0 Å². The molecule has 2 amide bonds. The monoisotopic (exact) mass is 477 g/mol. The molecule has 1 saturated heterocycles. The van der Waals surface area contributed by atoms with Gasteiger partial charge in [0.15, 0.2) is 9.84 Å². The molecular formula is C25H39N3O4S. The minimum absolute atomic E-state index is 0.0101. The molecule has 3 atom stereocenters. The normalized spacial score (nSPS) is 21.5. The molecule has 1 saturated carbocycles. The van der Waals surface area contributed by atoms with Crippen molar-refractivity contribution >= 4 is 21.7 Å². The first-order valence-electron chi connectivity index (χ1n) is 12.3. The number of carbonyl (C=O) groups excluding carboxylic acids is 2. The number of benzene rings is 1. The highest BCUT2D eigenvalue weighted by molar-refractivity contribution is 7.91. The number of sulfone groups is 1. The Morgan fingerprint density at radius 2 is 1.76 bits per heavy atom. The van der Waals surface area contributed by atoms with Crippen LogP contribution in [0.2, 0.25) is 0 Å². The summed E-state index contributed by atoms with van der Waals surface area (Å²) in [6, 6.07) is 8.32. The highest BCUT2D eigenvalue weighted by Gasteiger charge is 2.39. The van der Waals surface area contributed by atoms with Crippen LogP contribution < -0.4 is 10.6 Å². The first kappa shape index (κ1) is 25.7. The Balaban J connectivity index is 1.68. The zero-order chi connectivity index (χ0) is 23.8. The lowest BCUT2D eigenvalue weighted by atomic mass is 9.83. The molecule has 1 aliphatic heterocycles. The maximum absolute atomic E-state index is 13.7. The average Bonchev–Trinajstić information content (AvgIpc) is 3.28. The number of hydrogen-bond donors (Lipinski definition) is 2. The molecule has 33 heavy (non-hydrogen) atoms. The number of carbonyl (C=O) groups is 2. The SMILES string of the molecule is CN[C@@H](C)C(=O)N[C@H](C(=O)N1CCC[C@H]1CS(=O)(=O)CCc1ccccc1)C1CCCCC1. The van der Waals surface area contributed by atoms with E-state index in [0.717, 1.165) is 44.1 Å². The first-order valence-corrected chi connectivity index (χ1v) is 14.2. The maximum Gasteiger partial charge on any atom is 0.245 e. The van der Waals surface area contributed by atoms with Crippen molar-refractivity contribution in [2.24, 2.45) is 5.92 Å². The molecule has 0 bridgehead atoms. The molecule has 184 valence electrons. The summed E-state index contributed by atoms with van der Waals surface area (Å²) < 4.78 is 25.8. The molecule has 7 nitrogen and oxygen atoms in total. The van der Waals surface area contributed by atoms with E-state index in [-0.39, 0.29) is 35.3 Å². The standard InChI is InChI=1S/C25H39N3O4S/c1-19(26-2)24(29)27-23(21-12-7-4-8-13-21)25(30)28-16-9-14-22(28)18-33(31,32)17-15-20-10-5-3-6-11-20/h3,5-6,10-11,19,21-23,26H,4,7-9,12-18H2,1-2H3,(H,27,29)/t19-,22-,23-/m0/s1. The van der Waals surface area contributed by atoms with E-state index in [1.54, 1.807) is 18.9 Å². The van der Waals surface area contributed by atoms with Crippen molar-refractivity contribution in [3.63, 3.8) is 0 Å². The van der Waals surface area contributed by atoms with Crippen LogP contribution in [0, 0.1) is 5.92 Å². The van der Waals surface area contributed by atoms with Crippen molar-refractivity contribution in [2.75, 3.05) is 25.1 Å². The minimum atomic E-state index is -3.31. The third-order valence-corrected chi connectivity index (χ3v) is 8.88. The minimum Gasteiger partial charge on any atom is -0.343 e. The van der Waals surface area contributed by atoms with Gasteiger partial charge in [0.1, 0.15) is 6.04 Å². The molecule has 2 fully saturated rings. The van der Waals surface area contributed by atoms with Crippen molar-refractivity contribution in [1.82, 2.24) is 15.5 Å². The van der Waals surface area contributed by atoms with E-state index in [4.69, 9.17) is 0 Å². The molecule has 1 aliphatic carbocycles. The molecular weight excluding hydrogens is 438 g/mol. The molecule has 8 heteroatoms. The zero-order valence-corrected chi connectivity index (χ0v) is 20.8. The van der Waals surface area contributed by atoms with Crippen molar-refractivity contribution in [1.29, 1.82) is 0 Å². The first-order chi connectivity index (χ1) is 15.8. The summed E-state index contributed by atoms with van der Waals surface area (Å²) in [7, 11) is -1.59. The number of nitrogens with one attached hydrogen (secondary N) is 2. The van der Waals surface area contributed by atoms with Crippen LogP contribution in [-0.2, 0) is 25.8 Å². The van der Waals surface area contributed by atoms with Gasteiger partial charge < -0.3 is 15.5 Å². The Morgan fingerprint density at radius 3 is 2.42 bits per heavy atom. The summed E-state index contributed by atoms with van der Waals surface area (Å²) in [5.74, 6) is -0.121. The lowest BCUT2D eigenvalue weighted by Crippen LogP contribution is -2.57. The van der Waals surface area contributed by atoms with E-state index in [0.29, 0.717) is 19.4 Å². The largest absolute Gasteiger partial charge is 0.343 e. The molecule has 3 rings (SSSR count). The second-order valence-corrected chi connectivity index (χ2v) is 11.8. The summed E-state index contributed by atoms with van der Waals surface area (Å²) in [5.41, 5.74) is 0.999. The average molecular weight is 478 g/mol. The van der Waals surface area contributed by atoms with Gasteiger partial charge in [-0.3, -0.25) is 9.59 Å².